The zero-order chi connectivity index (χ0) is 25.5. The van der Waals surface area contributed by atoms with Crippen LogP contribution < -0.4 is 15.8 Å². The molecule has 6 nitrogen and oxygen atoms in total. The van der Waals surface area contributed by atoms with Gasteiger partial charge in [-0.1, -0.05) is 29.6 Å². The number of hydrogen-bond acceptors (Lipinski definition) is 4. The van der Waals surface area contributed by atoms with Crippen molar-refractivity contribution in [2.75, 3.05) is 19.7 Å². The summed E-state index contributed by atoms with van der Waals surface area (Å²) in [4.78, 5) is 6.49. The fourth-order valence-corrected chi connectivity index (χ4v) is 4.18. The van der Waals surface area contributed by atoms with E-state index in [1.54, 1.807) is 12.1 Å². The molecule has 4 aromatic rings. The van der Waals surface area contributed by atoms with Gasteiger partial charge in [0.25, 0.3) is 0 Å². The molecule has 4 rings (SSSR count). The number of nitrogens with two attached hydrogens (primary N) is 1. The van der Waals surface area contributed by atoms with Crippen molar-refractivity contribution in [1.82, 2.24) is 15.3 Å². The Kier molecular flexibility index (Phi) is 7.55. The summed E-state index contributed by atoms with van der Waals surface area (Å²) < 4.78 is 5.67. The number of rotatable bonds is 8. The minimum absolute atomic E-state index is 0.135. The molecule has 0 aliphatic heterocycles. The zero-order valence-corrected chi connectivity index (χ0v) is 19.7. The molecule has 6 N–H and O–H groups in total. The van der Waals surface area contributed by atoms with Gasteiger partial charge in [0, 0.05) is 29.7 Å². The average Bonchev–Trinajstić information content (AvgIpc) is 3.48. The number of terminal acetylenes is 3. The topological polar surface area (TPSA) is 99.1 Å². The lowest BCUT2D eigenvalue weighted by molar-refractivity contribution is 0.371. The van der Waals surface area contributed by atoms with Crippen molar-refractivity contribution in [2.45, 2.75) is 18.9 Å². The second-order valence-corrected chi connectivity index (χ2v) is 8.19. The van der Waals surface area contributed by atoms with Gasteiger partial charge in [0.2, 0.25) is 0 Å². The van der Waals surface area contributed by atoms with E-state index in [0.29, 0.717) is 30.8 Å². The summed E-state index contributed by atoms with van der Waals surface area (Å²) in [5, 5.41) is 15.2. The number of phenols is 1. The smallest absolute Gasteiger partial charge is 0.148 e. The Labute approximate surface area is 210 Å². The van der Waals surface area contributed by atoms with E-state index < -0.39 is 6.04 Å². The van der Waals surface area contributed by atoms with Crippen LogP contribution in [0.2, 0.25) is 0 Å². The molecule has 0 saturated heterocycles. The van der Waals surface area contributed by atoms with Crippen LogP contribution in [0.3, 0.4) is 0 Å². The molecule has 0 bridgehead atoms. The van der Waals surface area contributed by atoms with E-state index in [2.05, 4.69) is 44.9 Å². The molecule has 36 heavy (non-hydrogen) atoms. The lowest BCUT2D eigenvalue weighted by Gasteiger charge is -2.08. The van der Waals surface area contributed by atoms with Gasteiger partial charge in [-0.25, -0.2) is 0 Å². The first-order valence-electron chi connectivity index (χ1n) is 11.5. The van der Waals surface area contributed by atoms with Gasteiger partial charge in [-0.3, -0.25) is 5.32 Å². The minimum atomic E-state index is -0.464. The first kappa shape index (κ1) is 24.4. The third-order valence-electron chi connectivity index (χ3n) is 5.86. The SMILES string of the molecule is C#CCOc1cc(C#CC(C#C)NCCc2c[nH]c3c(C#C)cc(O)cc23)c2[nH]cc(CCN)c2c1. The number of benzene rings is 2. The fourth-order valence-electron chi connectivity index (χ4n) is 4.18. The molecule has 2 aromatic heterocycles. The lowest BCUT2D eigenvalue weighted by Crippen LogP contribution is -2.28. The fraction of sp³-hybridized carbons (Fsp3) is 0.200. The van der Waals surface area contributed by atoms with Crippen LogP contribution in [0.4, 0.5) is 0 Å². The molecular weight excluding hydrogens is 448 g/mol. The number of nitrogens with one attached hydrogen (secondary N) is 3. The molecule has 0 aliphatic rings. The number of ether oxygens (including phenoxy) is 1. The van der Waals surface area contributed by atoms with E-state index in [1.165, 1.54) is 0 Å². The van der Waals surface area contributed by atoms with E-state index in [-0.39, 0.29) is 12.4 Å². The first-order chi connectivity index (χ1) is 17.6. The Morgan fingerprint density at radius 2 is 1.69 bits per heavy atom. The van der Waals surface area contributed by atoms with Crippen LogP contribution in [0.5, 0.6) is 11.5 Å². The van der Waals surface area contributed by atoms with Crippen molar-refractivity contribution in [3.05, 3.63) is 58.9 Å². The highest BCUT2D eigenvalue weighted by Crippen LogP contribution is 2.28. The Balaban J connectivity index is 1.52. The Hall–Kier alpha value is -4.72. The average molecular weight is 475 g/mol. The molecule has 1 atom stereocenters. The third kappa shape index (κ3) is 5.17. The van der Waals surface area contributed by atoms with Crippen molar-refractivity contribution >= 4 is 21.8 Å². The molecule has 2 heterocycles. The predicted octanol–water partition coefficient (Wildman–Crippen LogP) is 3.03. The molecule has 178 valence electrons. The van der Waals surface area contributed by atoms with Gasteiger partial charge in [-0.15, -0.1) is 19.3 Å². The quantitative estimate of drug-likeness (QED) is 0.254. The number of phenolic OH excluding ortho intramolecular Hbond substituents is 1. The lowest BCUT2D eigenvalue weighted by atomic mass is 10.1. The summed E-state index contributed by atoms with van der Waals surface area (Å²) in [7, 11) is 0. The summed E-state index contributed by atoms with van der Waals surface area (Å²) in [6, 6.07) is 6.60. The standard InChI is InChI=1S/C30H26N4O2/c1-4-13-36-26-15-21(30-28(17-26)22(9-11-31)18-34-30)7-8-24(6-3)32-12-10-23-19-33-29-20(5-2)14-25(35)16-27(23)29/h1-3,14-19,24,32-35H,9-13,31H2. The van der Waals surface area contributed by atoms with Crippen molar-refractivity contribution in [3.8, 4) is 60.4 Å². The van der Waals surface area contributed by atoms with E-state index >= 15 is 0 Å². The van der Waals surface area contributed by atoms with Gasteiger partial charge in [0.1, 0.15) is 24.1 Å². The van der Waals surface area contributed by atoms with Crippen LogP contribution >= 0.6 is 0 Å². The summed E-state index contributed by atoms with van der Waals surface area (Å²) in [5.41, 5.74) is 11.0. The second-order valence-electron chi connectivity index (χ2n) is 8.19. The summed E-state index contributed by atoms with van der Waals surface area (Å²) in [5.74, 6) is 14.9. The molecule has 0 amide bonds. The van der Waals surface area contributed by atoms with Gasteiger partial charge in [0.15, 0.2) is 0 Å². The van der Waals surface area contributed by atoms with Crippen molar-refractivity contribution in [1.29, 1.82) is 0 Å². The molecule has 1 unspecified atom stereocenters. The molecule has 0 fully saturated rings. The maximum atomic E-state index is 9.99. The van der Waals surface area contributed by atoms with Crippen molar-refractivity contribution < 1.29 is 9.84 Å². The number of aromatic hydroxyl groups is 1. The number of hydrogen-bond donors (Lipinski definition) is 5. The molecular formula is C30H26N4O2. The molecule has 2 aromatic carbocycles. The van der Waals surface area contributed by atoms with E-state index in [9.17, 15) is 5.11 Å². The summed E-state index contributed by atoms with van der Waals surface area (Å²) >= 11 is 0. The molecule has 6 heteroatoms. The van der Waals surface area contributed by atoms with E-state index in [0.717, 1.165) is 44.9 Å². The highest BCUT2D eigenvalue weighted by molar-refractivity contribution is 5.90. The van der Waals surface area contributed by atoms with Gasteiger partial charge < -0.3 is 25.5 Å². The predicted molar refractivity (Wildman–Crippen MR) is 144 cm³/mol. The monoisotopic (exact) mass is 474 g/mol. The number of fused-ring (bicyclic) bond motifs is 2. The number of aromatic amines is 2. The van der Waals surface area contributed by atoms with Crippen LogP contribution in [0.1, 0.15) is 22.3 Å². The highest BCUT2D eigenvalue weighted by Gasteiger charge is 2.11. The maximum Gasteiger partial charge on any atom is 0.148 e. The van der Waals surface area contributed by atoms with Gasteiger partial charge in [0.05, 0.1) is 22.2 Å². The van der Waals surface area contributed by atoms with Crippen molar-refractivity contribution in [2.24, 2.45) is 5.73 Å². The molecule has 0 aliphatic carbocycles. The Morgan fingerprint density at radius 1 is 0.972 bits per heavy atom. The minimum Gasteiger partial charge on any atom is -0.508 e. The molecule has 0 saturated carbocycles. The van der Waals surface area contributed by atoms with E-state index in [1.807, 2.05) is 24.5 Å². The normalized spacial score (nSPS) is 11.3. The van der Waals surface area contributed by atoms with Crippen LogP contribution in [-0.4, -0.2) is 40.8 Å². The summed E-state index contributed by atoms with van der Waals surface area (Å²) in [6.45, 7) is 1.28. The summed E-state index contributed by atoms with van der Waals surface area (Å²) in [6.07, 6.45) is 21.9. The number of aromatic nitrogens is 2. The number of H-pyrrole nitrogens is 2. The third-order valence-corrected chi connectivity index (χ3v) is 5.86. The van der Waals surface area contributed by atoms with Gasteiger partial charge in [-0.2, -0.15) is 0 Å². The largest absolute Gasteiger partial charge is 0.508 e. The van der Waals surface area contributed by atoms with Gasteiger partial charge in [-0.05, 0) is 54.8 Å². The zero-order valence-electron chi connectivity index (χ0n) is 19.7. The van der Waals surface area contributed by atoms with Crippen molar-refractivity contribution in [3.63, 3.8) is 0 Å². The van der Waals surface area contributed by atoms with Gasteiger partial charge >= 0.3 is 0 Å². The van der Waals surface area contributed by atoms with Crippen LogP contribution in [0, 0.1) is 48.9 Å². The molecule has 0 spiro atoms. The highest BCUT2D eigenvalue weighted by atomic mass is 16.5. The first-order valence-corrected chi connectivity index (χ1v) is 11.5. The Morgan fingerprint density at radius 3 is 2.39 bits per heavy atom. The molecule has 0 radical (unpaired) electrons. The van der Waals surface area contributed by atoms with Crippen LogP contribution in [0.25, 0.3) is 21.8 Å². The van der Waals surface area contributed by atoms with Crippen LogP contribution in [-0.2, 0) is 12.8 Å². The maximum absolute atomic E-state index is 9.99. The second kappa shape index (κ2) is 11.1. The van der Waals surface area contributed by atoms with E-state index in [4.69, 9.17) is 29.7 Å². The Bertz CT molecular complexity index is 1590. The van der Waals surface area contributed by atoms with Crippen LogP contribution in [0.15, 0.2) is 36.7 Å².